The zero-order valence-corrected chi connectivity index (χ0v) is 25.2. The van der Waals surface area contributed by atoms with Crippen molar-refractivity contribution in [2.24, 2.45) is 0 Å². The van der Waals surface area contributed by atoms with Crippen LogP contribution in [-0.2, 0) is 16.1 Å². The molecule has 3 aromatic heterocycles. The molecular formula is C31H27Cl2F2N3O7. The van der Waals surface area contributed by atoms with Gasteiger partial charge in [-0.05, 0) is 56.7 Å². The standard InChI is InChI=1S/C31H27Cl2F2N3O7/c32-20-11-36-12-21(33)25(20)26-19(27(45-38-26)16-1-2-16)13-42-31-7-5-30(6-8-31,43-15-31)14-41-17-3-4-22-18(9-17)24(44-29(34)35)10-23(37-22)28(39)40/h3-4,9-12,16,29H,1-2,5-8,13-15H2,(H,39,40). The minimum Gasteiger partial charge on any atom is -0.491 e. The molecule has 0 radical (unpaired) electrons. The van der Waals surface area contributed by atoms with Crippen molar-refractivity contribution in [1.82, 2.24) is 15.1 Å². The van der Waals surface area contributed by atoms with E-state index in [9.17, 15) is 18.7 Å². The molecule has 2 saturated carbocycles. The molecule has 4 aromatic rings. The summed E-state index contributed by atoms with van der Waals surface area (Å²) in [6.45, 7) is -2.26. The molecule has 0 atom stereocenters. The van der Waals surface area contributed by atoms with Crippen LogP contribution in [0.15, 0.2) is 41.2 Å². The first-order chi connectivity index (χ1) is 21.6. The lowest BCUT2D eigenvalue weighted by molar-refractivity contribution is -0.245. The van der Waals surface area contributed by atoms with E-state index in [4.69, 9.17) is 41.9 Å². The van der Waals surface area contributed by atoms with Gasteiger partial charge in [0.05, 0.1) is 34.4 Å². The maximum atomic E-state index is 13.1. The van der Waals surface area contributed by atoms with Crippen LogP contribution in [-0.4, -0.2) is 57.2 Å². The average molecular weight is 662 g/mol. The minimum absolute atomic E-state index is 0.193. The third-order valence-corrected chi connectivity index (χ3v) is 9.35. The van der Waals surface area contributed by atoms with Crippen LogP contribution in [0.4, 0.5) is 8.78 Å². The van der Waals surface area contributed by atoms with E-state index in [1.807, 2.05) is 0 Å². The third kappa shape index (κ3) is 5.92. The van der Waals surface area contributed by atoms with Crippen LogP contribution in [0.25, 0.3) is 22.2 Å². The van der Waals surface area contributed by atoms with Gasteiger partial charge in [-0.15, -0.1) is 0 Å². The second-order valence-electron chi connectivity index (χ2n) is 11.7. The smallest absolute Gasteiger partial charge is 0.387 e. The number of ether oxygens (including phenoxy) is 4. The van der Waals surface area contributed by atoms with Crippen LogP contribution in [0.2, 0.25) is 10.0 Å². The summed E-state index contributed by atoms with van der Waals surface area (Å²) in [5.74, 6) is -0.158. The lowest BCUT2D eigenvalue weighted by Crippen LogP contribution is -2.58. The number of carbonyl (C=O) groups is 1. The van der Waals surface area contributed by atoms with Gasteiger partial charge in [0, 0.05) is 40.9 Å². The van der Waals surface area contributed by atoms with Gasteiger partial charge in [-0.2, -0.15) is 8.78 Å². The number of aromatic nitrogens is 3. The molecule has 8 rings (SSSR count). The van der Waals surface area contributed by atoms with Gasteiger partial charge in [0.25, 0.3) is 0 Å². The monoisotopic (exact) mass is 661 g/mol. The summed E-state index contributed by atoms with van der Waals surface area (Å²) < 4.78 is 55.5. The number of benzene rings is 1. The minimum atomic E-state index is -3.14. The van der Waals surface area contributed by atoms with E-state index in [0.29, 0.717) is 52.4 Å². The molecule has 0 unspecified atom stereocenters. The van der Waals surface area contributed by atoms with E-state index in [-0.39, 0.29) is 29.9 Å². The molecule has 45 heavy (non-hydrogen) atoms. The number of hydrogen-bond donors (Lipinski definition) is 1. The fourth-order valence-corrected chi connectivity index (χ4v) is 6.62. The topological polar surface area (TPSA) is 126 Å². The van der Waals surface area contributed by atoms with Crippen molar-refractivity contribution in [1.29, 1.82) is 0 Å². The Morgan fingerprint density at radius 1 is 1.11 bits per heavy atom. The van der Waals surface area contributed by atoms with Gasteiger partial charge in [-0.3, -0.25) is 4.98 Å². The zero-order chi connectivity index (χ0) is 31.3. The van der Waals surface area contributed by atoms with E-state index < -0.39 is 29.5 Å². The van der Waals surface area contributed by atoms with Crippen molar-refractivity contribution >= 4 is 40.1 Å². The summed E-state index contributed by atoms with van der Waals surface area (Å²) >= 11 is 12.9. The lowest BCUT2D eigenvalue weighted by Gasteiger charge is -2.52. The van der Waals surface area contributed by atoms with E-state index in [1.165, 1.54) is 24.5 Å². The number of rotatable bonds is 11. The Balaban J connectivity index is 1.03. The summed E-state index contributed by atoms with van der Waals surface area (Å²) in [6, 6.07) is 5.60. The number of carboxylic acid groups (broad SMARTS) is 1. The van der Waals surface area contributed by atoms with Crippen molar-refractivity contribution in [3.05, 3.63) is 63.7 Å². The fourth-order valence-electron chi connectivity index (χ4n) is 6.08. The first kappa shape index (κ1) is 30.1. The van der Waals surface area contributed by atoms with Crippen LogP contribution in [0, 0.1) is 0 Å². The van der Waals surface area contributed by atoms with Gasteiger partial charge < -0.3 is 28.6 Å². The largest absolute Gasteiger partial charge is 0.491 e. The maximum Gasteiger partial charge on any atom is 0.387 e. The molecule has 0 spiro atoms. The van der Waals surface area contributed by atoms with Crippen LogP contribution >= 0.6 is 23.2 Å². The molecule has 0 amide bonds. The molecule has 14 heteroatoms. The second-order valence-corrected chi connectivity index (χ2v) is 12.5. The highest BCUT2D eigenvalue weighted by Gasteiger charge is 2.51. The molecule has 5 heterocycles. The molecule has 1 N–H and O–H groups in total. The molecule has 2 bridgehead atoms. The summed E-state index contributed by atoms with van der Waals surface area (Å²) in [6.07, 6.45) is 7.97. The number of fused-ring (bicyclic) bond motifs is 4. The normalized spacial score (nSPS) is 22.7. The summed E-state index contributed by atoms with van der Waals surface area (Å²) in [4.78, 5) is 19.5. The lowest BCUT2D eigenvalue weighted by atomic mass is 9.73. The number of pyridine rings is 2. The Kier molecular flexibility index (Phi) is 7.79. The Morgan fingerprint density at radius 2 is 1.87 bits per heavy atom. The van der Waals surface area contributed by atoms with Crippen LogP contribution in [0.5, 0.6) is 11.5 Å². The summed E-state index contributed by atoms with van der Waals surface area (Å²) in [7, 11) is 0. The van der Waals surface area contributed by atoms with Crippen molar-refractivity contribution in [3.63, 3.8) is 0 Å². The van der Waals surface area contributed by atoms with E-state index >= 15 is 0 Å². The van der Waals surface area contributed by atoms with Crippen LogP contribution in [0.1, 0.15) is 66.3 Å². The molecule has 4 fully saturated rings. The predicted octanol–water partition coefficient (Wildman–Crippen LogP) is 7.45. The van der Waals surface area contributed by atoms with Gasteiger partial charge in [0.1, 0.15) is 35.2 Å². The Bertz CT molecular complexity index is 1740. The van der Waals surface area contributed by atoms with E-state index in [2.05, 4.69) is 19.9 Å². The maximum absolute atomic E-state index is 13.1. The van der Waals surface area contributed by atoms with E-state index in [1.54, 1.807) is 6.07 Å². The highest BCUT2D eigenvalue weighted by Crippen LogP contribution is 2.49. The molecule has 2 saturated heterocycles. The first-order valence-corrected chi connectivity index (χ1v) is 15.2. The van der Waals surface area contributed by atoms with E-state index in [0.717, 1.165) is 43.1 Å². The van der Waals surface area contributed by atoms with Gasteiger partial charge in [-0.25, -0.2) is 9.78 Å². The SMILES string of the molecule is O=C(O)c1cc(OC(F)F)c2cc(OCC34CCC(OCc5c(-c6c(Cl)cncc6Cl)noc5C5CC5)(CC3)CO4)ccc2n1. The number of halogens is 4. The van der Waals surface area contributed by atoms with Gasteiger partial charge in [0.2, 0.25) is 0 Å². The molecule has 236 valence electrons. The molecule has 2 aliphatic carbocycles. The van der Waals surface area contributed by atoms with Crippen molar-refractivity contribution in [2.45, 2.75) is 68.9 Å². The summed E-state index contributed by atoms with van der Waals surface area (Å²) in [5, 5.41) is 14.6. The first-order valence-electron chi connectivity index (χ1n) is 14.5. The molecule has 4 aliphatic rings. The molecular weight excluding hydrogens is 635 g/mol. The summed E-state index contributed by atoms with van der Waals surface area (Å²) in [5.41, 5.74) is 0.743. The Labute approximate surface area is 265 Å². The van der Waals surface area contributed by atoms with Crippen molar-refractivity contribution in [3.8, 4) is 22.8 Å². The Hall–Kier alpha value is -3.58. The number of hydrogen-bond acceptors (Lipinski definition) is 9. The second kappa shape index (κ2) is 11.7. The molecule has 10 nitrogen and oxygen atoms in total. The number of nitrogens with zero attached hydrogens (tertiary/aromatic N) is 3. The number of alkyl halides is 2. The highest BCUT2D eigenvalue weighted by atomic mass is 35.5. The van der Waals surface area contributed by atoms with Gasteiger partial charge in [-0.1, -0.05) is 28.4 Å². The van der Waals surface area contributed by atoms with Crippen molar-refractivity contribution in [2.75, 3.05) is 13.2 Å². The highest BCUT2D eigenvalue weighted by molar-refractivity contribution is 6.38. The average Bonchev–Trinajstić information content (AvgIpc) is 3.79. The van der Waals surface area contributed by atoms with Crippen LogP contribution < -0.4 is 9.47 Å². The Morgan fingerprint density at radius 3 is 2.51 bits per heavy atom. The predicted molar refractivity (Wildman–Crippen MR) is 157 cm³/mol. The molecule has 1 aromatic carbocycles. The number of aromatic carboxylic acids is 1. The zero-order valence-electron chi connectivity index (χ0n) is 23.7. The fraction of sp³-hybridized carbons (Fsp3) is 0.419. The number of carboxylic acids is 1. The van der Waals surface area contributed by atoms with Crippen LogP contribution in [0.3, 0.4) is 0 Å². The van der Waals surface area contributed by atoms with Crippen molar-refractivity contribution < 1.29 is 42.2 Å². The third-order valence-electron chi connectivity index (χ3n) is 8.77. The van der Waals surface area contributed by atoms with Gasteiger partial charge >= 0.3 is 12.6 Å². The van der Waals surface area contributed by atoms with Gasteiger partial charge in [0.15, 0.2) is 5.69 Å². The quantitative estimate of drug-likeness (QED) is 0.173. The molecule has 2 aliphatic heterocycles.